The summed E-state index contributed by atoms with van der Waals surface area (Å²) in [6.45, 7) is -0.258. The monoisotopic (exact) mass is 432 g/mol. The summed E-state index contributed by atoms with van der Waals surface area (Å²) in [6, 6.07) is 8.15. The lowest BCUT2D eigenvalue weighted by atomic mass is 9.59. The van der Waals surface area contributed by atoms with E-state index in [1.54, 1.807) is 47.3 Å². The molecule has 0 saturated heterocycles. The third kappa shape index (κ3) is 3.01. The molecule has 0 unspecified atom stereocenters. The average molecular weight is 432 g/mol. The van der Waals surface area contributed by atoms with Gasteiger partial charge in [-0.25, -0.2) is 13.2 Å². The molecule has 0 N–H and O–H groups in total. The lowest BCUT2D eigenvalue weighted by Gasteiger charge is -2.32. The molecule has 2 aromatic heterocycles. The van der Waals surface area contributed by atoms with Crippen molar-refractivity contribution in [2.45, 2.75) is 11.9 Å². The van der Waals surface area contributed by atoms with Crippen LogP contribution < -0.4 is 0 Å². The van der Waals surface area contributed by atoms with E-state index in [1.165, 1.54) is 33.8 Å². The highest BCUT2D eigenvalue weighted by Crippen LogP contribution is 2.36. The Morgan fingerprint density at radius 3 is 2.47 bits per heavy atom. The molecule has 0 atom stereocenters. The first-order valence-electron chi connectivity index (χ1n) is 10.1. The second-order valence-corrected chi connectivity index (χ2v) is 8.46. The summed E-state index contributed by atoms with van der Waals surface area (Å²) in [4.78, 5) is 18.6. The first-order chi connectivity index (χ1) is 15.2. The molecule has 1 aliphatic heterocycles. The van der Waals surface area contributed by atoms with Crippen molar-refractivity contribution in [2.24, 2.45) is 7.05 Å². The lowest BCUT2D eigenvalue weighted by molar-refractivity contribution is 0.0727. The van der Waals surface area contributed by atoms with Crippen molar-refractivity contribution in [3.63, 3.8) is 0 Å². The van der Waals surface area contributed by atoms with Crippen LogP contribution in [-0.2, 0) is 18.9 Å². The summed E-state index contributed by atoms with van der Waals surface area (Å²) in [6.07, 6.45) is 3.26. The molecule has 0 aliphatic carbocycles. The van der Waals surface area contributed by atoms with Gasteiger partial charge in [-0.15, -0.1) is 0 Å². The van der Waals surface area contributed by atoms with Crippen LogP contribution in [0.3, 0.4) is 0 Å². The van der Waals surface area contributed by atoms with E-state index < -0.39 is 22.8 Å². The summed E-state index contributed by atoms with van der Waals surface area (Å²) in [5.41, 5.74) is 1.68. The van der Waals surface area contributed by atoms with E-state index in [0.29, 0.717) is 27.7 Å². The Labute approximate surface area is 183 Å². The molecule has 32 heavy (non-hydrogen) atoms. The highest BCUT2D eigenvalue weighted by atomic mass is 19.1. The van der Waals surface area contributed by atoms with Crippen LogP contribution in [0, 0.1) is 17.5 Å². The molecule has 2 aromatic carbocycles. The predicted octanol–water partition coefficient (Wildman–Crippen LogP) is 2.09. The van der Waals surface area contributed by atoms with Gasteiger partial charge in [0.2, 0.25) is 0 Å². The zero-order valence-corrected chi connectivity index (χ0v) is 17.7. The molecule has 0 saturated carbocycles. The number of aromatic nitrogens is 3. The van der Waals surface area contributed by atoms with E-state index in [4.69, 9.17) is 0 Å². The zero-order chi connectivity index (χ0) is 22.8. The molecular weight excluding hydrogens is 415 g/mol. The van der Waals surface area contributed by atoms with Gasteiger partial charge in [0.1, 0.15) is 33.1 Å². The summed E-state index contributed by atoms with van der Waals surface area (Å²) in [5.74, 6) is -2.50. The van der Waals surface area contributed by atoms with Gasteiger partial charge < -0.3 is 4.90 Å². The van der Waals surface area contributed by atoms with Crippen LogP contribution in [0.5, 0.6) is 0 Å². The normalized spacial score (nSPS) is 14.9. The van der Waals surface area contributed by atoms with Crippen molar-refractivity contribution in [1.29, 1.82) is 0 Å². The summed E-state index contributed by atoms with van der Waals surface area (Å²) >= 11 is 0. The highest BCUT2D eigenvalue weighted by molar-refractivity contribution is 6.42. The quantitative estimate of drug-likeness (QED) is 0.467. The molecule has 0 spiro atoms. The largest absolute Gasteiger partial charge is 0.339 e. The van der Waals surface area contributed by atoms with Gasteiger partial charge in [0.15, 0.2) is 0 Å². The summed E-state index contributed by atoms with van der Waals surface area (Å²) in [5, 5.41) is 3.93. The van der Waals surface area contributed by atoms with Crippen LogP contribution in [0.1, 0.15) is 21.6 Å². The van der Waals surface area contributed by atoms with Crippen molar-refractivity contribution in [1.82, 2.24) is 19.7 Å². The second-order valence-electron chi connectivity index (χ2n) is 8.46. The van der Waals surface area contributed by atoms with E-state index in [2.05, 4.69) is 10.1 Å². The van der Waals surface area contributed by atoms with E-state index in [-0.39, 0.29) is 23.6 Å². The van der Waals surface area contributed by atoms with Gasteiger partial charge in [0.05, 0.1) is 23.3 Å². The molecule has 5 rings (SSSR count). The molecule has 5 nitrogen and oxygen atoms in total. The topological polar surface area (TPSA) is 51.0 Å². The average Bonchev–Trinajstić information content (AvgIpc) is 3.19. The van der Waals surface area contributed by atoms with Gasteiger partial charge in [-0.3, -0.25) is 14.5 Å². The minimum atomic E-state index is -0.824. The van der Waals surface area contributed by atoms with Gasteiger partial charge in [0, 0.05) is 41.8 Å². The number of hydrogen-bond donors (Lipinski definition) is 0. The fraction of sp³-hybridized carbons (Fsp3) is 0.136. The molecule has 0 fully saturated rings. The molecule has 0 bridgehead atoms. The zero-order valence-electron chi connectivity index (χ0n) is 17.7. The maximum Gasteiger partial charge on any atom is 0.255 e. The Bertz CT molecular complexity index is 1400. The number of benzene rings is 2. The minimum Gasteiger partial charge on any atom is -0.339 e. The van der Waals surface area contributed by atoms with Crippen molar-refractivity contribution in [2.75, 3.05) is 0 Å². The van der Waals surface area contributed by atoms with Gasteiger partial charge in [-0.05, 0) is 41.5 Å². The number of carbonyl (C=O) groups is 1. The maximum atomic E-state index is 15.2. The fourth-order valence-electron chi connectivity index (χ4n) is 4.38. The van der Waals surface area contributed by atoms with E-state index in [1.807, 2.05) is 0 Å². The van der Waals surface area contributed by atoms with E-state index in [9.17, 15) is 9.18 Å². The third-order valence-corrected chi connectivity index (χ3v) is 6.01. The predicted molar refractivity (Wildman–Crippen MR) is 119 cm³/mol. The molecule has 1 amide bonds. The molecular formula is C22H17B2F3N4O. The Hall–Kier alpha value is -3.55. The Morgan fingerprint density at radius 1 is 1.06 bits per heavy atom. The minimum absolute atomic E-state index is 0.193. The fourth-order valence-corrected chi connectivity index (χ4v) is 4.38. The molecule has 158 valence electrons. The SMILES string of the molecule is BC1(B)c2ncccc2C(=O)N1Cc1c(F)cc(-c2cc(F)cc3nn(C)cc23)cc1F. The van der Waals surface area contributed by atoms with Crippen LogP contribution in [0.2, 0.25) is 0 Å². The molecule has 0 radical (unpaired) electrons. The molecule has 3 heterocycles. The van der Waals surface area contributed by atoms with Gasteiger partial charge in [-0.2, -0.15) is 5.10 Å². The number of amides is 1. The van der Waals surface area contributed by atoms with Gasteiger partial charge >= 0.3 is 0 Å². The van der Waals surface area contributed by atoms with Crippen LogP contribution >= 0.6 is 0 Å². The summed E-state index contributed by atoms with van der Waals surface area (Å²) in [7, 11) is 5.27. The number of hydrogen-bond acceptors (Lipinski definition) is 3. The first kappa shape index (κ1) is 20.4. The third-order valence-electron chi connectivity index (χ3n) is 6.01. The Balaban J connectivity index is 1.56. The van der Waals surface area contributed by atoms with Crippen molar-refractivity contribution < 1.29 is 18.0 Å². The lowest BCUT2D eigenvalue weighted by Crippen LogP contribution is -2.45. The van der Waals surface area contributed by atoms with Crippen LogP contribution in [0.25, 0.3) is 22.0 Å². The van der Waals surface area contributed by atoms with Crippen molar-refractivity contribution in [3.05, 3.63) is 83.1 Å². The number of nitrogens with zero attached hydrogens (tertiary/aromatic N) is 4. The molecule has 10 heteroatoms. The second kappa shape index (κ2) is 6.98. The smallest absolute Gasteiger partial charge is 0.255 e. The highest BCUT2D eigenvalue weighted by Gasteiger charge is 2.44. The molecule has 4 aromatic rings. The van der Waals surface area contributed by atoms with Gasteiger partial charge in [-0.1, -0.05) is 0 Å². The molecule has 1 aliphatic rings. The van der Waals surface area contributed by atoms with E-state index >= 15 is 8.78 Å². The number of rotatable bonds is 3. The number of pyridine rings is 1. The van der Waals surface area contributed by atoms with Crippen LogP contribution in [-0.4, -0.2) is 41.3 Å². The standard InChI is InChI=1S/C22H17B2F3N4O/c1-30-9-15-14(7-12(25)8-19(15)29-30)11-5-17(26)16(18(27)6-11)10-31-21(32)13-3-2-4-28-20(13)22(31,23)24/h2-9H,10,23-24H2,1H3. The van der Waals surface area contributed by atoms with Gasteiger partial charge in [0.25, 0.3) is 5.91 Å². The van der Waals surface area contributed by atoms with Crippen molar-refractivity contribution in [3.8, 4) is 11.1 Å². The van der Waals surface area contributed by atoms with Crippen LogP contribution in [0.15, 0.2) is 48.8 Å². The number of fused-ring (bicyclic) bond motifs is 2. The maximum absolute atomic E-state index is 15.2. The number of aryl methyl sites for hydroxylation is 1. The number of carbonyl (C=O) groups excluding carboxylic acids is 1. The Morgan fingerprint density at radius 2 is 1.78 bits per heavy atom. The van der Waals surface area contributed by atoms with Crippen LogP contribution in [0.4, 0.5) is 13.2 Å². The first-order valence-corrected chi connectivity index (χ1v) is 10.1. The summed E-state index contributed by atoms with van der Waals surface area (Å²) < 4.78 is 45.9. The Kier molecular flexibility index (Phi) is 4.44. The van der Waals surface area contributed by atoms with E-state index in [0.717, 1.165) is 0 Å². The number of halogens is 3. The van der Waals surface area contributed by atoms with Crippen molar-refractivity contribution >= 4 is 32.5 Å².